The zero-order chi connectivity index (χ0) is 22.5. The molecule has 0 bridgehead atoms. The van der Waals surface area contributed by atoms with Crippen LogP contribution in [0, 0.1) is 17.7 Å². The quantitative estimate of drug-likeness (QED) is 0.390. The lowest BCUT2D eigenvalue weighted by atomic mass is 9.78. The number of ether oxygens (including phenoxy) is 2. The zero-order valence-electron chi connectivity index (χ0n) is 19.6. The van der Waals surface area contributed by atoms with Crippen molar-refractivity contribution in [3.63, 3.8) is 0 Å². The van der Waals surface area contributed by atoms with Crippen LogP contribution in [0.15, 0.2) is 48.5 Å². The zero-order valence-corrected chi connectivity index (χ0v) is 20.6. The van der Waals surface area contributed by atoms with Gasteiger partial charge in [-0.25, -0.2) is 4.39 Å². The Morgan fingerprint density at radius 1 is 1.06 bits per heavy atom. The number of halogens is 1. The monoisotopic (exact) mass is 470 g/mol. The highest BCUT2D eigenvalue weighted by Gasteiger charge is 2.34. The molecular formula is C28H35FO3S. The van der Waals surface area contributed by atoms with Crippen molar-refractivity contribution in [1.82, 2.24) is 0 Å². The SMILES string of the molecule is COC(=O)C[C@H](c1cccc(/C=C/C2CCC(c3cc(OC)ccc3F)CC2)c1)C1CC1.S. The van der Waals surface area contributed by atoms with E-state index in [4.69, 9.17) is 9.47 Å². The molecule has 3 nitrogen and oxygen atoms in total. The minimum Gasteiger partial charge on any atom is -0.497 e. The Balaban J connectivity index is 0.00000306. The third kappa shape index (κ3) is 6.63. The molecular weight excluding hydrogens is 435 g/mol. The Morgan fingerprint density at radius 2 is 1.82 bits per heavy atom. The summed E-state index contributed by atoms with van der Waals surface area (Å²) in [4.78, 5) is 11.9. The largest absolute Gasteiger partial charge is 0.497 e. The van der Waals surface area contributed by atoms with Gasteiger partial charge in [-0.15, -0.1) is 0 Å². The van der Waals surface area contributed by atoms with Crippen LogP contribution in [-0.4, -0.2) is 20.2 Å². The van der Waals surface area contributed by atoms with E-state index in [1.54, 1.807) is 13.2 Å². The minimum atomic E-state index is -0.132. The maximum absolute atomic E-state index is 14.3. The van der Waals surface area contributed by atoms with E-state index < -0.39 is 0 Å². The first-order valence-corrected chi connectivity index (χ1v) is 11.8. The van der Waals surface area contributed by atoms with E-state index in [1.807, 2.05) is 6.07 Å². The highest BCUT2D eigenvalue weighted by atomic mass is 32.1. The molecule has 178 valence electrons. The number of hydrogen-bond acceptors (Lipinski definition) is 3. The summed E-state index contributed by atoms with van der Waals surface area (Å²) < 4.78 is 24.5. The van der Waals surface area contributed by atoms with Crippen LogP contribution in [0.2, 0.25) is 0 Å². The van der Waals surface area contributed by atoms with Gasteiger partial charge in [0.25, 0.3) is 0 Å². The fraction of sp³-hybridized carbons (Fsp3) is 0.464. The second-order valence-electron chi connectivity index (χ2n) is 9.25. The molecule has 0 spiro atoms. The molecule has 0 heterocycles. The van der Waals surface area contributed by atoms with Crippen LogP contribution >= 0.6 is 13.5 Å². The fourth-order valence-corrected chi connectivity index (χ4v) is 5.04. The summed E-state index contributed by atoms with van der Waals surface area (Å²) in [5, 5.41) is 0. The highest BCUT2D eigenvalue weighted by molar-refractivity contribution is 7.59. The van der Waals surface area contributed by atoms with E-state index in [-0.39, 0.29) is 37.1 Å². The molecule has 2 aromatic carbocycles. The van der Waals surface area contributed by atoms with Crippen molar-refractivity contribution in [3.05, 3.63) is 71.0 Å². The van der Waals surface area contributed by atoms with Crippen LogP contribution in [0.25, 0.3) is 6.08 Å². The lowest BCUT2D eigenvalue weighted by Gasteiger charge is -2.27. The molecule has 2 aromatic rings. The number of carbonyl (C=O) groups excluding carboxylic acids is 1. The molecule has 2 aliphatic carbocycles. The summed E-state index contributed by atoms with van der Waals surface area (Å²) in [6.45, 7) is 0. The summed E-state index contributed by atoms with van der Waals surface area (Å²) >= 11 is 0. The van der Waals surface area contributed by atoms with Gasteiger partial charge in [-0.1, -0.05) is 36.4 Å². The van der Waals surface area contributed by atoms with Gasteiger partial charge in [-0.3, -0.25) is 4.79 Å². The van der Waals surface area contributed by atoms with Crippen LogP contribution in [0.4, 0.5) is 4.39 Å². The van der Waals surface area contributed by atoms with Crippen molar-refractivity contribution < 1.29 is 18.7 Å². The van der Waals surface area contributed by atoms with Gasteiger partial charge in [0, 0.05) is 0 Å². The maximum atomic E-state index is 14.3. The molecule has 0 N–H and O–H groups in total. The van der Waals surface area contributed by atoms with E-state index in [9.17, 15) is 9.18 Å². The molecule has 0 unspecified atom stereocenters. The van der Waals surface area contributed by atoms with Crippen molar-refractivity contribution in [2.45, 2.75) is 56.8 Å². The van der Waals surface area contributed by atoms with Crippen LogP contribution in [0.1, 0.15) is 73.5 Å². The van der Waals surface area contributed by atoms with Crippen LogP contribution in [0.5, 0.6) is 5.75 Å². The van der Waals surface area contributed by atoms with Crippen LogP contribution < -0.4 is 4.74 Å². The fourth-order valence-electron chi connectivity index (χ4n) is 5.04. The average Bonchev–Trinajstić information content (AvgIpc) is 3.67. The molecule has 2 aliphatic rings. The smallest absolute Gasteiger partial charge is 0.306 e. The number of methoxy groups -OCH3 is 2. The van der Waals surface area contributed by atoms with Gasteiger partial charge >= 0.3 is 5.97 Å². The Hall–Kier alpha value is -2.27. The molecule has 0 aliphatic heterocycles. The van der Waals surface area contributed by atoms with Gasteiger partial charge in [0.05, 0.1) is 20.6 Å². The van der Waals surface area contributed by atoms with Crippen molar-refractivity contribution in [2.75, 3.05) is 14.2 Å². The molecule has 0 radical (unpaired) electrons. The summed E-state index contributed by atoms with van der Waals surface area (Å²) in [5.74, 6) is 2.09. The third-order valence-electron chi connectivity index (χ3n) is 7.12. The minimum absolute atomic E-state index is 0. The Kier molecular flexibility index (Phi) is 9.02. The lowest BCUT2D eigenvalue weighted by Crippen LogP contribution is -2.13. The average molecular weight is 471 g/mol. The summed E-state index contributed by atoms with van der Waals surface area (Å²) in [6, 6.07) is 13.6. The second kappa shape index (κ2) is 11.7. The van der Waals surface area contributed by atoms with Gasteiger partial charge in [0.15, 0.2) is 0 Å². The van der Waals surface area contributed by atoms with Crippen molar-refractivity contribution >= 4 is 25.5 Å². The number of rotatable bonds is 8. The Labute approximate surface area is 203 Å². The van der Waals surface area contributed by atoms with Gasteiger partial charge in [0.1, 0.15) is 11.6 Å². The topological polar surface area (TPSA) is 35.5 Å². The number of esters is 1. The first-order chi connectivity index (χ1) is 15.6. The van der Waals surface area contributed by atoms with Crippen LogP contribution in [0.3, 0.4) is 0 Å². The van der Waals surface area contributed by atoms with Gasteiger partial charge < -0.3 is 9.47 Å². The third-order valence-corrected chi connectivity index (χ3v) is 7.12. The number of hydrogen-bond donors (Lipinski definition) is 0. The molecule has 2 saturated carbocycles. The van der Waals surface area contributed by atoms with E-state index in [2.05, 4.69) is 36.4 Å². The highest BCUT2D eigenvalue weighted by Crippen LogP contribution is 2.45. The molecule has 33 heavy (non-hydrogen) atoms. The van der Waals surface area contributed by atoms with E-state index in [0.717, 1.165) is 37.0 Å². The maximum Gasteiger partial charge on any atom is 0.306 e. The Morgan fingerprint density at radius 3 is 2.48 bits per heavy atom. The lowest BCUT2D eigenvalue weighted by molar-refractivity contribution is -0.141. The summed E-state index contributed by atoms with van der Waals surface area (Å²) in [5.41, 5.74) is 3.20. The molecule has 1 atom stereocenters. The molecule has 2 fully saturated rings. The first-order valence-electron chi connectivity index (χ1n) is 11.8. The summed E-state index contributed by atoms with van der Waals surface area (Å²) in [6.07, 6.45) is 11.5. The predicted octanol–water partition coefficient (Wildman–Crippen LogP) is 6.99. The summed E-state index contributed by atoms with van der Waals surface area (Å²) in [7, 11) is 3.08. The van der Waals surface area contributed by atoms with Crippen molar-refractivity contribution in [1.29, 1.82) is 0 Å². The van der Waals surface area contributed by atoms with Crippen LogP contribution in [-0.2, 0) is 9.53 Å². The molecule has 0 aromatic heterocycles. The van der Waals surface area contributed by atoms with E-state index in [0.29, 0.717) is 18.3 Å². The predicted molar refractivity (Wildman–Crippen MR) is 136 cm³/mol. The number of allylic oxidation sites excluding steroid dienone is 1. The van der Waals surface area contributed by atoms with E-state index >= 15 is 0 Å². The first kappa shape index (κ1) is 25.4. The Bertz CT molecular complexity index is 961. The van der Waals surface area contributed by atoms with Crippen molar-refractivity contribution in [2.24, 2.45) is 11.8 Å². The molecule has 0 saturated heterocycles. The molecule has 4 rings (SSSR count). The molecule has 0 amide bonds. The van der Waals surface area contributed by atoms with Gasteiger partial charge in [0.2, 0.25) is 0 Å². The van der Waals surface area contributed by atoms with Crippen molar-refractivity contribution in [3.8, 4) is 5.75 Å². The normalized spacial score (nSPS) is 21.3. The number of carbonyl (C=O) groups is 1. The number of benzene rings is 2. The molecule has 5 heteroatoms. The van der Waals surface area contributed by atoms with Gasteiger partial charge in [-0.2, -0.15) is 13.5 Å². The standard InChI is InChI=1S/C28H33FO3.H2S/c1-31-24-14-15-27(29)26(17-24)22-10-8-19(9-11-22)6-7-20-4-3-5-23(16-20)25(21-12-13-21)18-28(30)32-2;/h3-7,14-17,19,21-22,25H,8-13,18H2,1-2H3;1H2/b7-6+;/t19?,22?,25-;/m0./s1. The van der Waals surface area contributed by atoms with E-state index in [1.165, 1.54) is 37.1 Å². The second-order valence-corrected chi connectivity index (χ2v) is 9.25. The van der Waals surface area contributed by atoms with Gasteiger partial charge in [-0.05, 0) is 97.1 Å².